The molecule has 0 heterocycles. The molecule has 0 saturated carbocycles. The summed E-state index contributed by atoms with van der Waals surface area (Å²) < 4.78 is 17.9. The lowest BCUT2D eigenvalue weighted by atomic mass is 10.1. The maximum absolute atomic E-state index is 12.0. The molecule has 7 heteroatoms. The Morgan fingerprint density at radius 3 is 1.67 bits per heavy atom. The van der Waals surface area contributed by atoms with Crippen LogP contribution < -0.4 is 0 Å². The van der Waals surface area contributed by atoms with Gasteiger partial charge in [0, 0.05) is 6.42 Å². The Bertz CT molecular complexity index is 406. The highest BCUT2D eigenvalue weighted by Crippen LogP contribution is 2.30. The SMILES string of the molecule is CC[Si](CC)(CC)O[C@@H](CCCC(=O)OC)[C@@H](C=O)O[Si](CC)(CC)CC. The molecule has 0 aliphatic heterocycles. The van der Waals surface area contributed by atoms with Crippen LogP contribution in [0.5, 0.6) is 0 Å². The predicted molar refractivity (Wildman–Crippen MR) is 116 cm³/mol. The molecule has 0 rings (SSSR count). The molecule has 0 aliphatic carbocycles. The minimum atomic E-state index is -1.93. The van der Waals surface area contributed by atoms with E-state index in [1.165, 1.54) is 7.11 Å². The normalized spacial score (nSPS) is 14.6. The van der Waals surface area contributed by atoms with Gasteiger partial charge in [0.2, 0.25) is 0 Å². The number of hydrogen-bond acceptors (Lipinski definition) is 5. The summed E-state index contributed by atoms with van der Waals surface area (Å²) >= 11 is 0. The maximum Gasteiger partial charge on any atom is 0.305 e. The number of aldehydes is 1. The van der Waals surface area contributed by atoms with E-state index in [-0.39, 0.29) is 12.1 Å². The maximum atomic E-state index is 12.0. The molecule has 0 radical (unpaired) electrons. The largest absolute Gasteiger partial charge is 0.469 e. The Hall–Kier alpha value is -0.506. The van der Waals surface area contributed by atoms with E-state index < -0.39 is 22.7 Å². The van der Waals surface area contributed by atoms with Gasteiger partial charge in [-0.1, -0.05) is 41.5 Å². The number of hydrogen-bond donors (Lipinski definition) is 0. The first-order valence-corrected chi connectivity index (χ1v) is 15.8. The Morgan fingerprint density at radius 1 is 0.852 bits per heavy atom. The summed E-state index contributed by atoms with van der Waals surface area (Å²) in [6.45, 7) is 13.0. The summed E-state index contributed by atoms with van der Waals surface area (Å²) in [6, 6.07) is 6.07. The quantitative estimate of drug-likeness (QED) is 0.193. The molecule has 5 nitrogen and oxygen atoms in total. The minimum Gasteiger partial charge on any atom is -0.469 e. The zero-order valence-corrected chi connectivity index (χ0v) is 20.6. The fourth-order valence-electron chi connectivity index (χ4n) is 3.64. The van der Waals surface area contributed by atoms with Crippen molar-refractivity contribution in [3.8, 4) is 0 Å². The van der Waals surface area contributed by atoms with Crippen molar-refractivity contribution in [1.82, 2.24) is 0 Å². The van der Waals surface area contributed by atoms with Gasteiger partial charge in [0.15, 0.2) is 16.6 Å². The van der Waals surface area contributed by atoms with Crippen LogP contribution >= 0.6 is 0 Å². The first-order valence-electron chi connectivity index (χ1n) is 10.7. The molecule has 0 unspecified atom stereocenters. The number of esters is 1. The van der Waals surface area contributed by atoms with Crippen LogP contribution in [-0.2, 0) is 23.2 Å². The predicted octanol–water partition coefficient (Wildman–Crippen LogP) is 5.31. The molecule has 0 amide bonds. The van der Waals surface area contributed by atoms with E-state index in [1.54, 1.807) is 0 Å². The van der Waals surface area contributed by atoms with Crippen molar-refractivity contribution in [1.29, 1.82) is 0 Å². The highest BCUT2D eigenvalue weighted by Gasteiger charge is 2.39. The topological polar surface area (TPSA) is 61.8 Å². The molecule has 160 valence electrons. The summed E-state index contributed by atoms with van der Waals surface area (Å²) in [5.74, 6) is -0.221. The standard InChI is InChI=1S/C20H42O5Si2/c1-8-26(9-2,10-3)24-18(15-14-16-20(22)23-7)19(17-21)25-27(11-4,12-5)13-6/h17-19H,8-16H2,1-7H3/t18-,19+/m0/s1. The highest BCUT2D eigenvalue weighted by atomic mass is 28.4. The van der Waals surface area contributed by atoms with Crippen molar-refractivity contribution >= 4 is 28.9 Å². The molecule has 0 N–H and O–H groups in total. The fourth-order valence-corrected chi connectivity index (χ4v) is 9.32. The lowest BCUT2D eigenvalue weighted by Gasteiger charge is -2.39. The molecule has 2 atom stereocenters. The van der Waals surface area contributed by atoms with Gasteiger partial charge >= 0.3 is 5.97 Å². The van der Waals surface area contributed by atoms with Crippen LogP contribution in [0.4, 0.5) is 0 Å². The summed E-state index contributed by atoms with van der Waals surface area (Å²) in [4.78, 5) is 23.5. The Labute approximate surface area is 168 Å². The molecular weight excluding hydrogens is 376 g/mol. The fraction of sp³-hybridized carbons (Fsp3) is 0.900. The van der Waals surface area contributed by atoms with Crippen LogP contribution in [0.15, 0.2) is 0 Å². The first kappa shape index (κ1) is 26.5. The highest BCUT2D eigenvalue weighted by molar-refractivity contribution is 6.74. The van der Waals surface area contributed by atoms with E-state index in [4.69, 9.17) is 13.6 Å². The van der Waals surface area contributed by atoms with Gasteiger partial charge < -0.3 is 18.4 Å². The third-order valence-corrected chi connectivity index (χ3v) is 15.6. The van der Waals surface area contributed by atoms with Gasteiger partial charge in [0.25, 0.3) is 0 Å². The molecule has 0 bridgehead atoms. The third-order valence-electron chi connectivity index (χ3n) is 6.25. The Kier molecular flexibility index (Phi) is 13.4. The summed E-state index contributed by atoms with van der Waals surface area (Å²) in [6.07, 6.45) is 1.77. The Balaban J connectivity index is 5.48. The lowest BCUT2D eigenvalue weighted by Crippen LogP contribution is -2.50. The summed E-state index contributed by atoms with van der Waals surface area (Å²) in [7, 11) is -2.41. The van der Waals surface area contributed by atoms with Gasteiger partial charge in [0.1, 0.15) is 12.4 Å². The van der Waals surface area contributed by atoms with Gasteiger partial charge in [-0.15, -0.1) is 0 Å². The van der Waals surface area contributed by atoms with Gasteiger partial charge in [-0.05, 0) is 49.1 Å². The van der Waals surface area contributed by atoms with Crippen molar-refractivity contribution in [3.63, 3.8) is 0 Å². The molecular formula is C20H42O5Si2. The molecule has 0 aromatic heterocycles. The summed E-state index contributed by atoms with van der Waals surface area (Å²) in [5.41, 5.74) is 0. The average molecular weight is 419 g/mol. The zero-order chi connectivity index (χ0) is 20.9. The van der Waals surface area contributed by atoms with Gasteiger partial charge in [-0.25, -0.2) is 0 Å². The van der Waals surface area contributed by atoms with Crippen LogP contribution in [0.2, 0.25) is 36.3 Å². The molecule has 0 aromatic carbocycles. The van der Waals surface area contributed by atoms with E-state index in [0.29, 0.717) is 19.3 Å². The number of carbonyl (C=O) groups is 2. The number of carbonyl (C=O) groups excluding carboxylic acids is 2. The van der Waals surface area contributed by atoms with Crippen LogP contribution in [0, 0.1) is 0 Å². The number of methoxy groups -OCH3 is 1. The lowest BCUT2D eigenvalue weighted by molar-refractivity contribution is -0.140. The van der Waals surface area contributed by atoms with E-state index in [9.17, 15) is 9.59 Å². The number of rotatable bonds is 16. The van der Waals surface area contributed by atoms with Crippen LogP contribution in [0.3, 0.4) is 0 Å². The molecule has 27 heavy (non-hydrogen) atoms. The van der Waals surface area contributed by atoms with Crippen LogP contribution in [0.25, 0.3) is 0 Å². The molecule has 0 saturated heterocycles. The van der Waals surface area contributed by atoms with E-state index >= 15 is 0 Å². The third kappa shape index (κ3) is 8.17. The minimum absolute atomic E-state index is 0.221. The van der Waals surface area contributed by atoms with Crippen molar-refractivity contribution in [2.24, 2.45) is 0 Å². The summed E-state index contributed by atoms with van der Waals surface area (Å²) in [5, 5.41) is 0. The number of ether oxygens (including phenoxy) is 1. The van der Waals surface area contributed by atoms with E-state index in [0.717, 1.165) is 42.6 Å². The first-order chi connectivity index (χ1) is 12.8. The van der Waals surface area contributed by atoms with E-state index in [1.807, 2.05) is 0 Å². The van der Waals surface area contributed by atoms with Crippen LogP contribution in [0.1, 0.15) is 60.8 Å². The van der Waals surface area contributed by atoms with Crippen molar-refractivity contribution in [2.45, 2.75) is 109 Å². The smallest absolute Gasteiger partial charge is 0.305 e. The van der Waals surface area contributed by atoms with Gasteiger partial charge in [0.05, 0.1) is 13.2 Å². The monoisotopic (exact) mass is 418 g/mol. The van der Waals surface area contributed by atoms with E-state index in [2.05, 4.69) is 41.5 Å². The average Bonchev–Trinajstić information content (AvgIpc) is 2.72. The second-order valence-corrected chi connectivity index (χ2v) is 16.8. The van der Waals surface area contributed by atoms with Gasteiger partial charge in [-0.3, -0.25) is 4.79 Å². The molecule has 0 fully saturated rings. The second kappa shape index (κ2) is 13.6. The molecule has 0 aromatic rings. The van der Waals surface area contributed by atoms with Crippen LogP contribution in [-0.4, -0.2) is 48.2 Å². The molecule has 0 spiro atoms. The van der Waals surface area contributed by atoms with Crippen molar-refractivity contribution in [2.75, 3.05) is 7.11 Å². The van der Waals surface area contributed by atoms with Gasteiger partial charge in [-0.2, -0.15) is 0 Å². The molecule has 0 aliphatic rings. The van der Waals surface area contributed by atoms with Crippen molar-refractivity contribution < 1.29 is 23.2 Å². The zero-order valence-electron chi connectivity index (χ0n) is 18.6. The second-order valence-electron chi connectivity index (χ2n) is 7.33. The Morgan fingerprint density at radius 2 is 1.30 bits per heavy atom. The van der Waals surface area contributed by atoms with Crippen molar-refractivity contribution in [3.05, 3.63) is 0 Å².